The Kier molecular flexibility index (Phi) is 5.76. The van der Waals surface area contributed by atoms with Crippen LogP contribution >= 0.6 is 11.6 Å². The molecule has 154 valence electrons. The molecule has 8 nitrogen and oxygen atoms in total. The van der Waals surface area contributed by atoms with E-state index in [9.17, 15) is 27.7 Å². The van der Waals surface area contributed by atoms with Crippen molar-refractivity contribution in [3.63, 3.8) is 0 Å². The fourth-order valence-electron chi connectivity index (χ4n) is 3.23. The molecule has 2 aromatic carbocycles. The van der Waals surface area contributed by atoms with Crippen molar-refractivity contribution in [1.82, 2.24) is 4.90 Å². The summed E-state index contributed by atoms with van der Waals surface area (Å²) in [5.74, 6) is -0.913. The number of anilines is 1. The minimum atomic E-state index is -3.79. The Bertz CT molecular complexity index is 1080. The molecule has 0 atom stereocenters. The van der Waals surface area contributed by atoms with Crippen LogP contribution in [0, 0.1) is 15.9 Å². The number of rotatable bonds is 4. The Morgan fingerprint density at radius 2 is 1.83 bits per heavy atom. The Morgan fingerprint density at radius 1 is 1.17 bits per heavy atom. The van der Waals surface area contributed by atoms with Crippen molar-refractivity contribution >= 4 is 38.7 Å². The number of sulfone groups is 1. The molecular weight excluding hydrogens is 425 g/mol. The number of hydrogen-bond donors (Lipinski definition) is 0. The fraction of sp³-hybridized carbons (Fsp3) is 0.278. The predicted molar refractivity (Wildman–Crippen MR) is 106 cm³/mol. The molecule has 0 aromatic heterocycles. The minimum Gasteiger partial charge on any atom is -0.362 e. The SMILES string of the molecule is CS(=O)(=O)c1cccc(N2CCN(C(=O)c3ccc(F)cc3Cl)CC2)c1[N+](=O)[O-]. The lowest BCUT2D eigenvalue weighted by molar-refractivity contribution is -0.387. The number of para-hydroxylation sites is 1. The third-order valence-corrected chi connectivity index (χ3v) is 6.07. The highest BCUT2D eigenvalue weighted by atomic mass is 35.5. The van der Waals surface area contributed by atoms with Crippen LogP contribution in [0.25, 0.3) is 0 Å². The Morgan fingerprint density at radius 3 is 2.38 bits per heavy atom. The van der Waals surface area contributed by atoms with E-state index >= 15 is 0 Å². The first-order chi connectivity index (χ1) is 13.6. The summed E-state index contributed by atoms with van der Waals surface area (Å²) >= 11 is 5.95. The number of hydrogen-bond acceptors (Lipinski definition) is 6. The summed E-state index contributed by atoms with van der Waals surface area (Å²) in [7, 11) is -3.79. The van der Waals surface area contributed by atoms with Gasteiger partial charge in [-0.1, -0.05) is 17.7 Å². The molecule has 2 aromatic rings. The van der Waals surface area contributed by atoms with E-state index in [1.165, 1.54) is 29.2 Å². The second kappa shape index (κ2) is 7.96. The highest BCUT2D eigenvalue weighted by molar-refractivity contribution is 7.90. The van der Waals surface area contributed by atoms with E-state index in [0.29, 0.717) is 0 Å². The first-order valence-corrected chi connectivity index (χ1v) is 10.8. The summed E-state index contributed by atoms with van der Waals surface area (Å²) in [6.07, 6.45) is 0.919. The number of piperazine rings is 1. The predicted octanol–water partition coefficient (Wildman–Crippen LogP) is 2.75. The van der Waals surface area contributed by atoms with E-state index in [0.717, 1.165) is 18.4 Å². The van der Waals surface area contributed by atoms with Gasteiger partial charge in [-0.15, -0.1) is 0 Å². The maximum absolute atomic E-state index is 13.2. The zero-order valence-corrected chi connectivity index (χ0v) is 16.9. The Balaban J connectivity index is 1.83. The molecule has 0 saturated carbocycles. The lowest BCUT2D eigenvalue weighted by Gasteiger charge is -2.36. The van der Waals surface area contributed by atoms with Crippen LogP contribution in [0.1, 0.15) is 10.4 Å². The van der Waals surface area contributed by atoms with Crippen molar-refractivity contribution in [2.45, 2.75) is 4.90 Å². The summed E-state index contributed by atoms with van der Waals surface area (Å²) in [5.41, 5.74) is -0.118. The molecule has 3 rings (SSSR count). The van der Waals surface area contributed by atoms with Gasteiger partial charge in [0.2, 0.25) is 0 Å². The van der Waals surface area contributed by atoms with Crippen LogP contribution in [-0.4, -0.2) is 56.6 Å². The number of nitro benzene ring substituents is 1. The van der Waals surface area contributed by atoms with Crippen molar-refractivity contribution in [2.24, 2.45) is 0 Å². The molecule has 1 fully saturated rings. The van der Waals surface area contributed by atoms with E-state index in [1.807, 2.05) is 0 Å². The molecule has 11 heteroatoms. The van der Waals surface area contributed by atoms with Crippen molar-refractivity contribution in [3.05, 3.63) is 62.9 Å². The molecule has 0 aliphatic carbocycles. The topological polar surface area (TPSA) is 101 Å². The van der Waals surface area contributed by atoms with Gasteiger partial charge in [0, 0.05) is 32.4 Å². The molecule has 0 spiro atoms. The van der Waals surface area contributed by atoms with Crippen molar-refractivity contribution < 1.29 is 22.5 Å². The van der Waals surface area contributed by atoms with Crippen molar-refractivity contribution in [2.75, 3.05) is 37.3 Å². The first kappa shape index (κ1) is 21.0. The van der Waals surface area contributed by atoms with Crippen LogP contribution in [-0.2, 0) is 9.84 Å². The zero-order chi connectivity index (χ0) is 21.3. The number of amides is 1. The first-order valence-electron chi connectivity index (χ1n) is 8.56. The minimum absolute atomic E-state index is 0.00826. The average molecular weight is 442 g/mol. The van der Waals surface area contributed by atoms with E-state index in [2.05, 4.69) is 0 Å². The van der Waals surface area contributed by atoms with Gasteiger partial charge in [0.1, 0.15) is 16.4 Å². The fourth-order valence-corrected chi connectivity index (χ4v) is 4.34. The average Bonchev–Trinajstić information content (AvgIpc) is 2.66. The molecule has 1 heterocycles. The van der Waals surface area contributed by atoms with Gasteiger partial charge in [-0.25, -0.2) is 12.8 Å². The van der Waals surface area contributed by atoms with Gasteiger partial charge in [0.05, 0.1) is 15.5 Å². The van der Waals surface area contributed by atoms with Crippen LogP contribution in [0.4, 0.5) is 15.8 Å². The summed E-state index contributed by atoms with van der Waals surface area (Å²) < 4.78 is 37.1. The molecule has 0 bridgehead atoms. The normalized spacial score (nSPS) is 14.7. The lowest BCUT2D eigenvalue weighted by atomic mass is 10.1. The highest BCUT2D eigenvalue weighted by Gasteiger charge is 2.31. The number of carbonyl (C=O) groups is 1. The smallest absolute Gasteiger partial charge is 0.311 e. The van der Waals surface area contributed by atoms with E-state index in [4.69, 9.17) is 11.6 Å². The van der Waals surface area contributed by atoms with Gasteiger partial charge in [-0.2, -0.15) is 0 Å². The number of nitro groups is 1. The molecule has 1 saturated heterocycles. The maximum Gasteiger partial charge on any atom is 0.311 e. The highest BCUT2D eigenvalue weighted by Crippen LogP contribution is 2.35. The number of nitrogens with zero attached hydrogens (tertiary/aromatic N) is 3. The third-order valence-electron chi connectivity index (χ3n) is 4.63. The monoisotopic (exact) mass is 441 g/mol. The largest absolute Gasteiger partial charge is 0.362 e. The van der Waals surface area contributed by atoms with E-state index < -0.39 is 26.3 Å². The molecule has 1 aliphatic heterocycles. The van der Waals surface area contributed by atoms with Crippen LogP contribution < -0.4 is 4.90 Å². The summed E-state index contributed by atoms with van der Waals surface area (Å²) in [5, 5.41) is 11.6. The third kappa shape index (κ3) is 4.33. The van der Waals surface area contributed by atoms with Gasteiger partial charge in [-0.3, -0.25) is 14.9 Å². The maximum atomic E-state index is 13.2. The van der Waals surface area contributed by atoms with Crippen LogP contribution in [0.5, 0.6) is 0 Å². The van der Waals surface area contributed by atoms with Gasteiger partial charge >= 0.3 is 5.69 Å². The van der Waals surface area contributed by atoms with Crippen molar-refractivity contribution in [3.8, 4) is 0 Å². The Labute approximate surface area is 171 Å². The Hall–Kier alpha value is -2.72. The molecular formula is C18H17ClFN3O5S. The molecule has 0 unspecified atom stereocenters. The second-order valence-electron chi connectivity index (χ2n) is 6.56. The van der Waals surface area contributed by atoms with Crippen LogP contribution in [0.15, 0.2) is 41.3 Å². The molecule has 1 aliphatic rings. The van der Waals surface area contributed by atoms with Gasteiger partial charge in [0.25, 0.3) is 5.91 Å². The van der Waals surface area contributed by atoms with Crippen LogP contribution in [0.2, 0.25) is 5.02 Å². The summed E-state index contributed by atoms with van der Waals surface area (Å²) in [6.45, 7) is 1.01. The number of benzene rings is 2. The molecule has 29 heavy (non-hydrogen) atoms. The van der Waals surface area contributed by atoms with E-state index in [1.54, 1.807) is 4.90 Å². The number of halogens is 2. The van der Waals surface area contributed by atoms with Gasteiger partial charge < -0.3 is 9.80 Å². The summed E-state index contributed by atoms with van der Waals surface area (Å²) in [6, 6.07) is 7.66. The quantitative estimate of drug-likeness (QED) is 0.534. The molecule has 1 amide bonds. The molecule has 0 N–H and O–H groups in total. The van der Waals surface area contributed by atoms with Crippen molar-refractivity contribution in [1.29, 1.82) is 0 Å². The van der Waals surface area contributed by atoms with Gasteiger partial charge in [-0.05, 0) is 30.3 Å². The molecule has 0 radical (unpaired) electrons. The second-order valence-corrected chi connectivity index (χ2v) is 8.95. The van der Waals surface area contributed by atoms with Crippen LogP contribution in [0.3, 0.4) is 0 Å². The van der Waals surface area contributed by atoms with E-state index in [-0.39, 0.29) is 53.3 Å². The van der Waals surface area contributed by atoms with Gasteiger partial charge in [0.15, 0.2) is 9.84 Å². The summed E-state index contributed by atoms with van der Waals surface area (Å²) in [4.78, 5) is 26.3. The number of carbonyl (C=O) groups excluding carboxylic acids is 1. The standard InChI is InChI=1S/C18H17ClFN3O5S/c1-29(27,28)16-4-2-3-15(17(16)23(25)26)21-7-9-22(10-8-21)18(24)13-6-5-12(20)11-14(13)19/h2-6,11H,7-10H2,1H3. The lowest BCUT2D eigenvalue weighted by Crippen LogP contribution is -2.49. The zero-order valence-electron chi connectivity index (χ0n) is 15.3.